The van der Waals surface area contributed by atoms with Crippen molar-refractivity contribution in [1.29, 1.82) is 0 Å². The Morgan fingerprint density at radius 1 is 1.58 bits per heavy atom. The maximum atomic E-state index is 11.9. The molecule has 3 heterocycles. The van der Waals surface area contributed by atoms with E-state index in [1.54, 1.807) is 6.20 Å². The molecule has 1 aliphatic rings. The fourth-order valence-corrected chi connectivity index (χ4v) is 3.23. The summed E-state index contributed by atoms with van der Waals surface area (Å²) in [5.41, 5.74) is 6.91. The summed E-state index contributed by atoms with van der Waals surface area (Å²) in [4.78, 5) is 25.9. The van der Waals surface area contributed by atoms with Gasteiger partial charge < -0.3 is 5.73 Å². The van der Waals surface area contributed by atoms with Crippen molar-refractivity contribution in [3.05, 3.63) is 37.2 Å². The number of aromatic amines is 1. The highest BCUT2D eigenvalue weighted by Crippen LogP contribution is 2.22. The van der Waals surface area contributed by atoms with Crippen LogP contribution in [0.15, 0.2) is 11.0 Å². The molecule has 0 aliphatic carbocycles. The number of nitrogen functional groups attached to an aromatic ring is 1. The van der Waals surface area contributed by atoms with E-state index in [2.05, 4.69) is 19.9 Å². The second-order valence-corrected chi connectivity index (χ2v) is 6.11. The topological polar surface area (TPSA) is 87.9 Å². The Hall–Kier alpha value is -1.44. The molecule has 19 heavy (non-hydrogen) atoms. The van der Waals surface area contributed by atoms with Crippen LogP contribution in [0.2, 0.25) is 4.47 Å². The third kappa shape index (κ3) is 2.63. The molecular formula is C11H12ClN5OS. The summed E-state index contributed by atoms with van der Waals surface area (Å²) in [6.07, 6.45) is 2.50. The van der Waals surface area contributed by atoms with Gasteiger partial charge in [0.1, 0.15) is 0 Å². The molecule has 0 amide bonds. The number of nitrogens with zero attached hydrogens (tertiary/aromatic N) is 3. The first kappa shape index (κ1) is 12.6. The molecule has 6 nitrogen and oxygen atoms in total. The molecule has 0 fully saturated rings. The average Bonchev–Trinajstić information content (AvgIpc) is 2.75. The van der Waals surface area contributed by atoms with E-state index >= 15 is 0 Å². The van der Waals surface area contributed by atoms with Gasteiger partial charge in [-0.3, -0.25) is 14.7 Å². The van der Waals surface area contributed by atoms with Crippen molar-refractivity contribution in [3.8, 4) is 0 Å². The molecule has 0 radical (unpaired) electrons. The molecule has 0 atom stereocenters. The van der Waals surface area contributed by atoms with E-state index in [1.807, 2.05) is 0 Å². The molecule has 0 saturated carbocycles. The van der Waals surface area contributed by atoms with E-state index in [-0.39, 0.29) is 11.5 Å². The Bertz CT molecular complexity index is 667. The third-order valence-corrected chi connectivity index (χ3v) is 4.17. The Kier molecular flexibility index (Phi) is 3.26. The first-order valence-electron chi connectivity index (χ1n) is 5.82. The van der Waals surface area contributed by atoms with Gasteiger partial charge in [-0.1, -0.05) is 11.6 Å². The molecule has 0 saturated heterocycles. The van der Waals surface area contributed by atoms with Crippen molar-refractivity contribution in [1.82, 2.24) is 19.9 Å². The molecule has 1 aliphatic heterocycles. The largest absolute Gasteiger partial charge is 0.369 e. The quantitative estimate of drug-likeness (QED) is 0.864. The van der Waals surface area contributed by atoms with Gasteiger partial charge in [0.15, 0.2) is 4.47 Å². The number of hydrogen-bond donors (Lipinski definition) is 2. The molecular weight excluding hydrogens is 286 g/mol. The van der Waals surface area contributed by atoms with Gasteiger partial charge in [-0.15, -0.1) is 11.3 Å². The van der Waals surface area contributed by atoms with Crippen LogP contribution in [-0.2, 0) is 19.5 Å². The smallest absolute Gasteiger partial charge is 0.257 e. The van der Waals surface area contributed by atoms with Crippen LogP contribution in [0.5, 0.6) is 0 Å². The zero-order chi connectivity index (χ0) is 13.4. The van der Waals surface area contributed by atoms with Crippen LogP contribution in [0.3, 0.4) is 0 Å². The number of H-pyrrole nitrogens is 1. The number of anilines is 1. The summed E-state index contributed by atoms with van der Waals surface area (Å²) in [6.45, 7) is 2.17. The Morgan fingerprint density at radius 3 is 3.16 bits per heavy atom. The fraction of sp³-hybridized carbons (Fsp3) is 0.364. The lowest BCUT2D eigenvalue weighted by atomic mass is 10.1. The van der Waals surface area contributed by atoms with Crippen LogP contribution in [0, 0.1) is 0 Å². The van der Waals surface area contributed by atoms with Gasteiger partial charge in [-0.2, -0.15) is 0 Å². The first-order valence-corrected chi connectivity index (χ1v) is 7.01. The van der Waals surface area contributed by atoms with E-state index in [1.165, 1.54) is 11.3 Å². The third-order valence-electron chi connectivity index (χ3n) is 3.07. The van der Waals surface area contributed by atoms with Gasteiger partial charge in [0.05, 0.1) is 11.3 Å². The maximum absolute atomic E-state index is 11.9. The van der Waals surface area contributed by atoms with E-state index < -0.39 is 0 Å². The molecule has 2 aromatic rings. The molecule has 0 aromatic carbocycles. The van der Waals surface area contributed by atoms with Gasteiger partial charge in [0, 0.05) is 37.1 Å². The summed E-state index contributed by atoms with van der Waals surface area (Å²) in [5.74, 6) is 0.187. The minimum atomic E-state index is -0.144. The molecule has 0 spiro atoms. The van der Waals surface area contributed by atoms with Crippen molar-refractivity contribution in [2.24, 2.45) is 0 Å². The summed E-state index contributed by atoms with van der Waals surface area (Å²) < 4.78 is 0.541. The summed E-state index contributed by atoms with van der Waals surface area (Å²) in [5, 5.41) is 0. The predicted molar refractivity (Wildman–Crippen MR) is 74.2 cm³/mol. The lowest BCUT2D eigenvalue weighted by Crippen LogP contribution is -2.35. The SMILES string of the molecule is Nc1nc2c(c(=O)[nH]1)CN(Cc1cnc(Cl)s1)CC2. The number of nitrogens with one attached hydrogen (secondary N) is 1. The second kappa shape index (κ2) is 4.92. The number of nitrogens with two attached hydrogens (primary N) is 1. The standard InChI is InChI=1S/C11H12ClN5OS/c12-10-14-3-6(19-10)4-17-2-1-8-7(5-17)9(18)16-11(13)15-8/h3H,1-2,4-5H2,(H3,13,15,16,18). The summed E-state index contributed by atoms with van der Waals surface area (Å²) in [7, 11) is 0. The van der Waals surface area contributed by atoms with Crippen molar-refractivity contribution >= 4 is 28.9 Å². The predicted octanol–water partition coefficient (Wildman–Crippen LogP) is 1.02. The van der Waals surface area contributed by atoms with Gasteiger partial charge in [-0.25, -0.2) is 9.97 Å². The lowest BCUT2D eigenvalue weighted by Gasteiger charge is -2.26. The van der Waals surface area contributed by atoms with Crippen LogP contribution in [0.25, 0.3) is 0 Å². The highest BCUT2D eigenvalue weighted by Gasteiger charge is 2.21. The number of hydrogen-bond acceptors (Lipinski definition) is 6. The highest BCUT2D eigenvalue weighted by atomic mass is 35.5. The number of thiazole rings is 1. The fourth-order valence-electron chi connectivity index (χ4n) is 2.21. The first-order chi connectivity index (χ1) is 9.11. The van der Waals surface area contributed by atoms with Gasteiger partial charge >= 0.3 is 0 Å². The van der Waals surface area contributed by atoms with E-state index in [0.29, 0.717) is 16.6 Å². The number of halogens is 1. The van der Waals surface area contributed by atoms with Crippen molar-refractivity contribution in [3.63, 3.8) is 0 Å². The summed E-state index contributed by atoms with van der Waals surface area (Å²) in [6, 6.07) is 0. The molecule has 0 bridgehead atoms. The van der Waals surface area contributed by atoms with Gasteiger partial charge in [0.25, 0.3) is 5.56 Å². The van der Waals surface area contributed by atoms with Crippen LogP contribution in [0.4, 0.5) is 5.95 Å². The highest BCUT2D eigenvalue weighted by molar-refractivity contribution is 7.15. The number of rotatable bonds is 2. The molecule has 2 aromatic heterocycles. The number of aromatic nitrogens is 3. The Morgan fingerprint density at radius 2 is 2.42 bits per heavy atom. The van der Waals surface area contributed by atoms with Crippen molar-refractivity contribution in [2.75, 3.05) is 12.3 Å². The number of fused-ring (bicyclic) bond motifs is 1. The Labute approximate surface area is 118 Å². The Balaban J connectivity index is 1.80. The van der Waals surface area contributed by atoms with E-state index in [9.17, 15) is 4.79 Å². The van der Waals surface area contributed by atoms with E-state index in [4.69, 9.17) is 17.3 Å². The minimum Gasteiger partial charge on any atom is -0.369 e. The van der Waals surface area contributed by atoms with Crippen LogP contribution < -0.4 is 11.3 Å². The minimum absolute atomic E-state index is 0.144. The van der Waals surface area contributed by atoms with Crippen molar-refractivity contribution in [2.45, 2.75) is 19.5 Å². The second-order valence-electron chi connectivity index (χ2n) is 4.42. The maximum Gasteiger partial charge on any atom is 0.257 e. The normalized spacial score (nSPS) is 15.4. The molecule has 8 heteroatoms. The van der Waals surface area contributed by atoms with Crippen molar-refractivity contribution < 1.29 is 0 Å². The molecule has 0 unspecified atom stereocenters. The molecule has 3 rings (SSSR count). The van der Waals surface area contributed by atoms with Crippen LogP contribution in [-0.4, -0.2) is 26.4 Å². The zero-order valence-electron chi connectivity index (χ0n) is 10.0. The van der Waals surface area contributed by atoms with Crippen LogP contribution >= 0.6 is 22.9 Å². The average molecular weight is 298 g/mol. The monoisotopic (exact) mass is 297 g/mol. The summed E-state index contributed by atoms with van der Waals surface area (Å²) >= 11 is 7.27. The lowest BCUT2D eigenvalue weighted by molar-refractivity contribution is 0.244. The molecule has 3 N–H and O–H groups in total. The zero-order valence-corrected chi connectivity index (χ0v) is 11.6. The van der Waals surface area contributed by atoms with E-state index in [0.717, 1.165) is 30.1 Å². The molecule has 100 valence electrons. The van der Waals surface area contributed by atoms with Gasteiger partial charge in [-0.05, 0) is 0 Å². The van der Waals surface area contributed by atoms with Crippen LogP contribution in [0.1, 0.15) is 16.1 Å². The van der Waals surface area contributed by atoms with Gasteiger partial charge in [0.2, 0.25) is 5.95 Å².